The van der Waals surface area contributed by atoms with E-state index in [-0.39, 0.29) is 5.78 Å². The minimum Gasteiger partial charge on any atom is -0.315 e. The molecular weight excluding hydrogens is 414 g/mol. The Kier molecular flexibility index (Phi) is 6.71. The molecule has 1 N–H and O–H groups in total. The number of aromatic nitrogens is 2. The zero-order chi connectivity index (χ0) is 20.1. The number of carbonyl (C=O) groups is 1. The van der Waals surface area contributed by atoms with Crippen LogP contribution in [0.4, 0.5) is 0 Å². The summed E-state index contributed by atoms with van der Waals surface area (Å²) in [5, 5.41) is 0.795. The summed E-state index contributed by atoms with van der Waals surface area (Å²) in [6, 6.07) is 11.5. The van der Waals surface area contributed by atoms with Crippen molar-refractivity contribution in [2.24, 2.45) is 0 Å². The van der Waals surface area contributed by atoms with Crippen molar-refractivity contribution in [3.63, 3.8) is 0 Å². The van der Waals surface area contributed by atoms with Crippen LogP contribution >= 0.6 is 23.1 Å². The molecule has 6 nitrogen and oxygen atoms in total. The van der Waals surface area contributed by atoms with E-state index in [9.17, 15) is 13.2 Å². The van der Waals surface area contributed by atoms with Gasteiger partial charge in [-0.3, -0.25) is 4.79 Å². The van der Waals surface area contributed by atoms with Crippen molar-refractivity contribution in [1.29, 1.82) is 0 Å². The molecule has 28 heavy (non-hydrogen) atoms. The van der Waals surface area contributed by atoms with E-state index >= 15 is 0 Å². The lowest BCUT2D eigenvalue weighted by Gasteiger charge is -2.05. The summed E-state index contributed by atoms with van der Waals surface area (Å²) in [4.78, 5) is 18.8. The molecule has 0 saturated carbocycles. The number of thiophene rings is 1. The van der Waals surface area contributed by atoms with Gasteiger partial charge in [0, 0.05) is 18.0 Å². The number of allylic oxidation sites excluding steroid dienone is 1. The Morgan fingerprint density at radius 3 is 2.86 bits per heavy atom. The largest absolute Gasteiger partial charge is 0.315 e. The van der Waals surface area contributed by atoms with Crippen molar-refractivity contribution >= 4 is 49.9 Å². The zero-order valence-electron chi connectivity index (χ0n) is 15.4. The van der Waals surface area contributed by atoms with Crippen LogP contribution in [0.15, 0.2) is 54.2 Å². The van der Waals surface area contributed by atoms with Gasteiger partial charge in [-0.2, -0.15) is 0 Å². The number of rotatable bonds is 10. The Morgan fingerprint density at radius 2 is 2.11 bits per heavy atom. The molecule has 1 aromatic carbocycles. The fourth-order valence-corrected chi connectivity index (χ4v) is 5.11. The monoisotopic (exact) mass is 435 g/mol. The molecule has 0 aliphatic heterocycles. The van der Waals surface area contributed by atoms with Crippen molar-refractivity contribution < 1.29 is 13.2 Å². The second-order valence-corrected chi connectivity index (χ2v) is 10.1. The number of nitrogens with zero attached hydrogens (tertiary/aromatic N) is 2. The van der Waals surface area contributed by atoms with Crippen molar-refractivity contribution in [3.05, 3.63) is 58.8 Å². The number of fused-ring (bicyclic) bond motifs is 1. The van der Waals surface area contributed by atoms with Crippen molar-refractivity contribution in [2.45, 2.75) is 18.1 Å². The highest BCUT2D eigenvalue weighted by molar-refractivity contribution is 7.99. The summed E-state index contributed by atoms with van der Waals surface area (Å²) >= 11 is 2.82. The van der Waals surface area contributed by atoms with E-state index in [1.165, 1.54) is 23.1 Å². The van der Waals surface area contributed by atoms with Crippen LogP contribution in [-0.2, 0) is 23.0 Å². The number of para-hydroxylation sites is 2. The van der Waals surface area contributed by atoms with Crippen LogP contribution in [0, 0.1) is 0 Å². The molecule has 0 aliphatic carbocycles. The highest BCUT2D eigenvalue weighted by atomic mass is 32.2. The van der Waals surface area contributed by atoms with Crippen molar-refractivity contribution in [2.75, 3.05) is 18.6 Å². The molecule has 0 unspecified atom stereocenters. The van der Waals surface area contributed by atoms with E-state index in [4.69, 9.17) is 0 Å². The molecule has 2 aromatic heterocycles. The summed E-state index contributed by atoms with van der Waals surface area (Å²) < 4.78 is 26.7. The quantitative estimate of drug-likeness (QED) is 0.300. The van der Waals surface area contributed by atoms with E-state index in [2.05, 4.69) is 20.9 Å². The van der Waals surface area contributed by atoms with Crippen LogP contribution in [0.3, 0.4) is 0 Å². The van der Waals surface area contributed by atoms with Gasteiger partial charge in [-0.05, 0) is 30.7 Å². The number of benzene rings is 1. The van der Waals surface area contributed by atoms with Crippen LogP contribution in [0.1, 0.15) is 14.5 Å². The number of carbonyl (C=O) groups excluding carboxylic acids is 1. The standard InChI is InChI=1S/C19H21N3O3S3/c1-3-12-22-16-7-5-4-6-15(16)21-19(22)26-13-17(23)18-9-8-14(27-18)10-11-20-28(2,24)25/h3-9,20H,1,10-13H2,2H3. The Morgan fingerprint density at radius 1 is 1.32 bits per heavy atom. The molecule has 148 valence electrons. The van der Waals surface area contributed by atoms with Crippen molar-refractivity contribution in [1.82, 2.24) is 14.3 Å². The zero-order valence-corrected chi connectivity index (χ0v) is 17.9. The summed E-state index contributed by atoms with van der Waals surface area (Å²) in [6.07, 6.45) is 3.51. The van der Waals surface area contributed by atoms with E-state index < -0.39 is 10.0 Å². The number of nitrogens with one attached hydrogen (secondary N) is 1. The molecular formula is C19H21N3O3S3. The first kappa shape index (κ1) is 20.8. The Labute approximate surface area is 172 Å². The maximum absolute atomic E-state index is 12.6. The smallest absolute Gasteiger partial charge is 0.208 e. The minimum absolute atomic E-state index is 0.0366. The van der Waals surface area contributed by atoms with E-state index in [1.54, 1.807) is 6.07 Å². The van der Waals surface area contributed by atoms with Gasteiger partial charge in [-0.25, -0.2) is 18.1 Å². The van der Waals surface area contributed by atoms with Crippen LogP contribution in [0.25, 0.3) is 11.0 Å². The lowest BCUT2D eigenvalue weighted by Crippen LogP contribution is -2.23. The third kappa shape index (κ3) is 5.32. The topological polar surface area (TPSA) is 81.1 Å². The maximum atomic E-state index is 12.6. The molecule has 0 aliphatic rings. The number of Topliss-reactive ketones (excluding diaryl/α,β-unsaturated/α-hetero) is 1. The Bertz CT molecular complexity index is 1100. The van der Waals surface area contributed by atoms with Gasteiger partial charge in [0.25, 0.3) is 0 Å². The average Bonchev–Trinajstić information content (AvgIpc) is 3.24. The predicted octanol–water partition coefficient (Wildman–Crippen LogP) is 3.35. The molecule has 3 aromatic rings. The van der Waals surface area contributed by atoms with Gasteiger partial charge in [-0.15, -0.1) is 17.9 Å². The number of imidazole rings is 1. The lowest BCUT2D eigenvalue weighted by atomic mass is 10.3. The lowest BCUT2D eigenvalue weighted by molar-refractivity contribution is 0.102. The van der Waals surface area contributed by atoms with E-state index in [1.807, 2.05) is 36.4 Å². The molecule has 0 spiro atoms. The van der Waals surface area contributed by atoms with Gasteiger partial charge in [0.05, 0.1) is 27.9 Å². The second-order valence-electron chi connectivity index (χ2n) is 6.18. The fraction of sp³-hybridized carbons (Fsp3) is 0.263. The third-order valence-electron chi connectivity index (χ3n) is 3.94. The summed E-state index contributed by atoms with van der Waals surface area (Å²) in [6.45, 7) is 4.76. The highest BCUT2D eigenvalue weighted by Crippen LogP contribution is 2.26. The normalized spacial score (nSPS) is 11.8. The predicted molar refractivity (Wildman–Crippen MR) is 116 cm³/mol. The molecule has 0 fully saturated rings. The first-order valence-corrected chi connectivity index (χ1v) is 12.3. The van der Waals surface area contributed by atoms with Gasteiger partial charge in [-0.1, -0.05) is 30.0 Å². The van der Waals surface area contributed by atoms with Crippen LogP contribution in [0.2, 0.25) is 0 Å². The van der Waals surface area contributed by atoms with E-state index in [0.717, 1.165) is 27.3 Å². The Balaban J connectivity index is 1.64. The van der Waals surface area contributed by atoms with Crippen molar-refractivity contribution in [3.8, 4) is 0 Å². The maximum Gasteiger partial charge on any atom is 0.208 e. The van der Waals surface area contributed by atoms with Crippen LogP contribution in [-0.4, -0.2) is 42.3 Å². The van der Waals surface area contributed by atoms with Gasteiger partial charge >= 0.3 is 0 Å². The van der Waals surface area contributed by atoms with Gasteiger partial charge < -0.3 is 4.57 Å². The molecule has 3 rings (SSSR count). The summed E-state index contributed by atoms with van der Waals surface area (Å²) in [5.41, 5.74) is 1.92. The summed E-state index contributed by atoms with van der Waals surface area (Å²) in [7, 11) is -3.20. The van der Waals surface area contributed by atoms with Gasteiger partial charge in [0.2, 0.25) is 10.0 Å². The van der Waals surface area contributed by atoms with Gasteiger partial charge in [0.1, 0.15) is 0 Å². The first-order valence-electron chi connectivity index (χ1n) is 8.63. The molecule has 0 radical (unpaired) electrons. The first-order chi connectivity index (χ1) is 13.4. The third-order valence-corrected chi connectivity index (χ3v) is 6.83. The number of thioether (sulfide) groups is 1. The molecule has 2 heterocycles. The van der Waals surface area contributed by atoms with Crippen LogP contribution < -0.4 is 4.72 Å². The Hall–Kier alpha value is -1.94. The fourth-order valence-electron chi connectivity index (χ4n) is 2.69. The van der Waals surface area contributed by atoms with Crippen LogP contribution in [0.5, 0.6) is 0 Å². The number of sulfonamides is 1. The van der Waals surface area contributed by atoms with E-state index in [0.29, 0.717) is 30.1 Å². The molecule has 0 atom stereocenters. The number of ketones is 1. The highest BCUT2D eigenvalue weighted by Gasteiger charge is 2.15. The number of hydrogen-bond acceptors (Lipinski definition) is 6. The SMILES string of the molecule is C=CCn1c(SCC(=O)c2ccc(CCNS(C)(=O)=O)s2)nc2ccccc21. The second kappa shape index (κ2) is 9.04. The minimum atomic E-state index is -3.20. The summed E-state index contributed by atoms with van der Waals surface area (Å²) in [5.74, 6) is 0.330. The van der Waals surface area contributed by atoms with Gasteiger partial charge in [0.15, 0.2) is 10.9 Å². The molecule has 0 amide bonds. The molecule has 9 heteroatoms. The number of hydrogen-bond donors (Lipinski definition) is 1. The molecule has 0 bridgehead atoms. The average molecular weight is 436 g/mol. The molecule has 0 saturated heterocycles.